The summed E-state index contributed by atoms with van der Waals surface area (Å²) in [4.78, 5) is 0. The summed E-state index contributed by atoms with van der Waals surface area (Å²) < 4.78 is 0. The van der Waals surface area contributed by atoms with E-state index in [1.54, 1.807) is 24.3 Å². The quantitative estimate of drug-likeness (QED) is 0.246. The summed E-state index contributed by atoms with van der Waals surface area (Å²) in [5.74, 6) is 0.498. The van der Waals surface area contributed by atoms with Gasteiger partial charge in [-0.25, -0.2) is 0 Å². The third-order valence-electron chi connectivity index (χ3n) is 7.36. The van der Waals surface area contributed by atoms with Crippen molar-refractivity contribution in [3.8, 4) is 22.6 Å². The molecule has 0 saturated heterocycles. The summed E-state index contributed by atoms with van der Waals surface area (Å²) in [6.45, 7) is 8.38. The Bertz CT molecular complexity index is 1390. The van der Waals surface area contributed by atoms with Crippen LogP contribution in [0.25, 0.3) is 11.1 Å². The number of aromatic hydroxyl groups is 2. The van der Waals surface area contributed by atoms with Crippen LogP contribution >= 0.6 is 0 Å². The molecule has 2 N–H and O–H groups in total. The second-order valence-electron chi connectivity index (χ2n) is 9.46. The van der Waals surface area contributed by atoms with Gasteiger partial charge in [-0.15, -0.1) is 0 Å². The molecule has 0 unspecified atom stereocenters. The number of fused-ring (bicyclic) bond motifs is 3. The molecule has 0 fully saturated rings. The average molecular weight is 515 g/mol. The predicted octanol–water partition coefficient (Wildman–Crippen LogP) is 9.30. The van der Waals surface area contributed by atoms with E-state index in [9.17, 15) is 10.2 Å². The fraction of sp³-hybridized carbons (Fsp3) is 0.189. The van der Waals surface area contributed by atoms with Crippen LogP contribution in [-0.2, 0) is 18.3 Å². The maximum atomic E-state index is 9.85. The van der Waals surface area contributed by atoms with Gasteiger partial charge in [0.05, 0.1) is 5.41 Å². The molecule has 5 aromatic carbocycles. The molecule has 5 aromatic rings. The summed E-state index contributed by atoms with van der Waals surface area (Å²) in [6.07, 6.45) is 2.29. The van der Waals surface area contributed by atoms with Gasteiger partial charge in [0.15, 0.2) is 0 Å². The van der Waals surface area contributed by atoms with Crippen LogP contribution in [-0.4, -0.2) is 10.2 Å². The van der Waals surface area contributed by atoms with E-state index in [1.807, 2.05) is 38.1 Å². The maximum Gasteiger partial charge on any atom is 0.115 e. The molecule has 0 amide bonds. The van der Waals surface area contributed by atoms with E-state index < -0.39 is 5.41 Å². The summed E-state index contributed by atoms with van der Waals surface area (Å²) >= 11 is 0. The van der Waals surface area contributed by atoms with Gasteiger partial charge in [0.1, 0.15) is 11.5 Å². The molecule has 1 aliphatic rings. The first kappa shape index (κ1) is 27.7. The van der Waals surface area contributed by atoms with Crippen molar-refractivity contribution in [3.05, 3.63) is 155 Å². The van der Waals surface area contributed by atoms with E-state index in [1.165, 1.54) is 33.4 Å². The zero-order valence-electron chi connectivity index (χ0n) is 23.4. The first-order valence-corrected chi connectivity index (χ1v) is 13.9. The smallest absolute Gasteiger partial charge is 0.115 e. The molecule has 198 valence electrons. The third kappa shape index (κ3) is 5.33. The van der Waals surface area contributed by atoms with Gasteiger partial charge in [0.2, 0.25) is 0 Å². The number of hydrogen-bond acceptors (Lipinski definition) is 2. The first-order valence-electron chi connectivity index (χ1n) is 13.9. The van der Waals surface area contributed by atoms with E-state index in [0.717, 1.165) is 24.0 Å². The Morgan fingerprint density at radius 2 is 0.872 bits per heavy atom. The molecule has 0 aromatic heterocycles. The van der Waals surface area contributed by atoms with Crippen molar-refractivity contribution >= 4 is 0 Å². The number of hydrogen-bond donors (Lipinski definition) is 2. The van der Waals surface area contributed by atoms with Crippen molar-refractivity contribution in [2.45, 2.75) is 46.0 Å². The number of phenols is 2. The van der Waals surface area contributed by atoms with Crippen LogP contribution < -0.4 is 0 Å². The minimum Gasteiger partial charge on any atom is -0.508 e. The van der Waals surface area contributed by atoms with Crippen LogP contribution in [0.4, 0.5) is 0 Å². The van der Waals surface area contributed by atoms with Crippen molar-refractivity contribution in [2.24, 2.45) is 0 Å². The number of rotatable bonds is 4. The minimum atomic E-state index is -0.491. The van der Waals surface area contributed by atoms with Crippen molar-refractivity contribution in [2.75, 3.05) is 0 Å². The molecule has 0 bridgehead atoms. The number of phenolic OH excluding ortho intramolecular Hbond substituents is 2. The molecule has 0 saturated carbocycles. The molecule has 0 aliphatic heterocycles. The van der Waals surface area contributed by atoms with Crippen molar-refractivity contribution in [1.82, 2.24) is 0 Å². The fourth-order valence-corrected chi connectivity index (χ4v) is 5.52. The highest BCUT2D eigenvalue weighted by Crippen LogP contribution is 2.56. The van der Waals surface area contributed by atoms with Crippen LogP contribution in [0.5, 0.6) is 11.5 Å². The lowest BCUT2D eigenvalue weighted by Gasteiger charge is -2.33. The molecule has 6 rings (SSSR count). The van der Waals surface area contributed by atoms with Crippen LogP contribution in [0.3, 0.4) is 0 Å². The van der Waals surface area contributed by atoms with E-state index >= 15 is 0 Å². The van der Waals surface area contributed by atoms with Gasteiger partial charge < -0.3 is 10.2 Å². The van der Waals surface area contributed by atoms with E-state index in [4.69, 9.17) is 0 Å². The van der Waals surface area contributed by atoms with Crippen LogP contribution in [0.2, 0.25) is 0 Å². The largest absolute Gasteiger partial charge is 0.508 e. The van der Waals surface area contributed by atoms with Gasteiger partial charge in [-0.3, -0.25) is 0 Å². The first-order chi connectivity index (χ1) is 19.1. The van der Waals surface area contributed by atoms with Crippen LogP contribution in [0.15, 0.2) is 121 Å². The number of aryl methyl sites for hydroxylation is 2. The standard InChI is InChI=1S/C25H18O2.C10H14.C2H6/c26-19-13-9-17(10-14-19)25(18-11-15-20(27)16-12-18)23-7-3-1-5-21(23)22-6-2-4-8-24(22)25;1-3-9-6-5-7-10(4-2)8-9;1-2/h1-16,26-27H;5-8H,3-4H2,1-2H3;1-2H3. The van der Waals surface area contributed by atoms with Crippen LogP contribution in [0, 0.1) is 0 Å². The molecule has 0 atom stereocenters. The highest BCUT2D eigenvalue weighted by atomic mass is 16.3. The molecule has 0 spiro atoms. The van der Waals surface area contributed by atoms with Crippen molar-refractivity contribution < 1.29 is 10.2 Å². The third-order valence-corrected chi connectivity index (χ3v) is 7.36. The zero-order valence-corrected chi connectivity index (χ0v) is 23.4. The molecule has 2 heteroatoms. The summed E-state index contributed by atoms with van der Waals surface area (Å²) in [6, 6.07) is 40.6. The normalized spacial score (nSPS) is 12.2. The Balaban J connectivity index is 0.000000248. The topological polar surface area (TPSA) is 40.5 Å². The Hall–Kier alpha value is -4.30. The SMILES string of the molecule is CC.CCc1cccc(CC)c1.Oc1ccc(C2(c3ccc(O)cc3)c3ccccc3-c3ccccc32)cc1. The Morgan fingerprint density at radius 1 is 0.487 bits per heavy atom. The van der Waals surface area contributed by atoms with Gasteiger partial charge in [0.25, 0.3) is 0 Å². The van der Waals surface area contributed by atoms with E-state index in [-0.39, 0.29) is 11.5 Å². The molecule has 0 heterocycles. The van der Waals surface area contributed by atoms with E-state index in [0.29, 0.717) is 0 Å². The van der Waals surface area contributed by atoms with Gasteiger partial charge in [0, 0.05) is 0 Å². The highest BCUT2D eigenvalue weighted by Gasteiger charge is 2.45. The summed E-state index contributed by atoms with van der Waals surface area (Å²) in [5, 5.41) is 19.7. The second kappa shape index (κ2) is 12.5. The lowest BCUT2D eigenvalue weighted by molar-refractivity contribution is 0.475. The predicted molar refractivity (Wildman–Crippen MR) is 164 cm³/mol. The highest BCUT2D eigenvalue weighted by molar-refractivity contribution is 5.86. The van der Waals surface area contributed by atoms with Crippen LogP contribution in [0.1, 0.15) is 61.1 Å². The summed E-state index contributed by atoms with van der Waals surface area (Å²) in [5.41, 5.74) is 9.42. The summed E-state index contributed by atoms with van der Waals surface area (Å²) in [7, 11) is 0. The van der Waals surface area contributed by atoms with Crippen molar-refractivity contribution in [3.63, 3.8) is 0 Å². The molecule has 2 nitrogen and oxygen atoms in total. The molecule has 1 aliphatic carbocycles. The fourth-order valence-electron chi connectivity index (χ4n) is 5.52. The number of benzene rings is 5. The second-order valence-corrected chi connectivity index (χ2v) is 9.46. The minimum absolute atomic E-state index is 0.249. The van der Waals surface area contributed by atoms with Gasteiger partial charge in [-0.1, -0.05) is 125 Å². The molecular weight excluding hydrogens is 476 g/mol. The zero-order chi connectivity index (χ0) is 27.8. The van der Waals surface area contributed by atoms with Gasteiger partial charge >= 0.3 is 0 Å². The molecule has 0 radical (unpaired) electrons. The maximum absolute atomic E-state index is 9.85. The average Bonchev–Trinajstić information content (AvgIpc) is 3.30. The lowest BCUT2D eigenvalue weighted by Crippen LogP contribution is -2.28. The Labute approximate surface area is 233 Å². The van der Waals surface area contributed by atoms with Crippen molar-refractivity contribution in [1.29, 1.82) is 0 Å². The Kier molecular flexibility index (Phi) is 8.88. The molecular formula is C37H38O2. The monoisotopic (exact) mass is 514 g/mol. The van der Waals surface area contributed by atoms with Gasteiger partial charge in [-0.05, 0) is 81.6 Å². The molecule has 39 heavy (non-hydrogen) atoms. The van der Waals surface area contributed by atoms with E-state index in [2.05, 4.69) is 86.6 Å². The van der Waals surface area contributed by atoms with Gasteiger partial charge in [-0.2, -0.15) is 0 Å². The Morgan fingerprint density at radius 3 is 1.26 bits per heavy atom. The lowest BCUT2D eigenvalue weighted by atomic mass is 9.68.